The molecule has 4 heteroatoms. The van der Waals surface area contributed by atoms with Crippen LogP contribution in [-0.2, 0) is 9.53 Å². The molecule has 0 aromatic heterocycles. The van der Waals surface area contributed by atoms with Crippen molar-refractivity contribution in [3.05, 3.63) is 24.3 Å². The third kappa shape index (κ3) is 3.76. The summed E-state index contributed by atoms with van der Waals surface area (Å²) in [7, 11) is 1.63. The van der Waals surface area contributed by atoms with Gasteiger partial charge in [0.05, 0.1) is 6.61 Å². The molecule has 2 atom stereocenters. The molecule has 0 heterocycles. The van der Waals surface area contributed by atoms with Gasteiger partial charge in [0.1, 0.15) is 11.4 Å². The first-order valence-electron chi connectivity index (χ1n) is 7.69. The summed E-state index contributed by atoms with van der Waals surface area (Å²) in [5.41, 5.74) is 0.0918. The fourth-order valence-corrected chi connectivity index (χ4v) is 3.03. The number of nitrogens with one attached hydrogen (secondary N) is 1. The van der Waals surface area contributed by atoms with Crippen LogP contribution in [0.4, 0.5) is 5.69 Å². The minimum absolute atomic E-state index is 0.0410. The molecule has 1 aliphatic carbocycles. The van der Waals surface area contributed by atoms with Crippen molar-refractivity contribution in [3.8, 4) is 5.75 Å². The molecule has 0 unspecified atom stereocenters. The maximum atomic E-state index is 12.6. The Kier molecular flexibility index (Phi) is 5.23. The van der Waals surface area contributed by atoms with Crippen LogP contribution >= 0.6 is 0 Å². The topological polar surface area (TPSA) is 47.6 Å². The highest BCUT2D eigenvalue weighted by Gasteiger charge is 2.41. The number of carbonyl (C=O) groups excluding carboxylic acids is 1. The quantitative estimate of drug-likeness (QED) is 0.901. The number of ether oxygens (including phenoxy) is 2. The first kappa shape index (κ1) is 15.8. The van der Waals surface area contributed by atoms with E-state index in [0.29, 0.717) is 12.5 Å². The van der Waals surface area contributed by atoms with Gasteiger partial charge >= 0.3 is 0 Å². The van der Waals surface area contributed by atoms with Gasteiger partial charge in [-0.25, -0.2) is 0 Å². The van der Waals surface area contributed by atoms with Crippen LogP contribution in [0.2, 0.25) is 0 Å². The fourth-order valence-electron chi connectivity index (χ4n) is 3.03. The Morgan fingerprint density at radius 2 is 2.10 bits per heavy atom. The Hall–Kier alpha value is -1.55. The SMILES string of the molecule is CCOc1ccc(NC(=O)[C@@]2(OC)CCC[C@@H](C)C2)cc1. The molecule has 1 fully saturated rings. The van der Waals surface area contributed by atoms with Crippen molar-refractivity contribution in [2.75, 3.05) is 19.0 Å². The molecule has 2 rings (SSSR count). The van der Waals surface area contributed by atoms with E-state index >= 15 is 0 Å². The maximum absolute atomic E-state index is 12.6. The molecule has 21 heavy (non-hydrogen) atoms. The summed E-state index contributed by atoms with van der Waals surface area (Å²) in [5.74, 6) is 1.29. The average molecular weight is 291 g/mol. The molecule has 0 saturated heterocycles. The second kappa shape index (κ2) is 6.94. The van der Waals surface area contributed by atoms with Crippen LogP contribution in [-0.4, -0.2) is 25.2 Å². The summed E-state index contributed by atoms with van der Waals surface area (Å²) in [4.78, 5) is 12.6. The van der Waals surface area contributed by atoms with Gasteiger partial charge in [0.25, 0.3) is 5.91 Å². The minimum atomic E-state index is -0.684. The van der Waals surface area contributed by atoms with Gasteiger partial charge in [-0.05, 0) is 56.4 Å². The normalized spacial score (nSPS) is 25.4. The van der Waals surface area contributed by atoms with Gasteiger partial charge in [-0.2, -0.15) is 0 Å². The van der Waals surface area contributed by atoms with Crippen LogP contribution < -0.4 is 10.1 Å². The highest BCUT2D eigenvalue weighted by atomic mass is 16.5. The molecular formula is C17H25NO3. The molecule has 116 valence electrons. The molecule has 0 aliphatic heterocycles. The monoisotopic (exact) mass is 291 g/mol. The van der Waals surface area contributed by atoms with E-state index in [9.17, 15) is 4.79 Å². The van der Waals surface area contributed by atoms with Crippen LogP contribution in [0.1, 0.15) is 39.5 Å². The Bertz CT molecular complexity index is 471. The molecule has 1 N–H and O–H groups in total. The van der Waals surface area contributed by atoms with E-state index in [-0.39, 0.29) is 5.91 Å². The lowest BCUT2D eigenvalue weighted by molar-refractivity contribution is -0.143. The van der Waals surface area contributed by atoms with Gasteiger partial charge in [-0.1, -0.05) is 13.3 Å². The smallest absolute Gasteiger partial charge is 0.256 e. The molecule has 1 amide bonds. The highest BCUT2D eigenvalue weighted by Crippen LogP contribution is 2.35. The standard InChI is InChI=1S/C17H25NO3/c1-4-21-15-9-7-14(8-10-15)18-16(19)17(20-3)11-5-6-13(2)12-17/h7-10,13H,4-6,11-12H2,1-3H3,(H,18,19)/t13-,17-/m1/s1. The summed E-state index contributed by atoms with van der Waals surface area (Å²) in [5, 5.41) is 2.97. The molecule has 1 saturated carbocycles. The minimum Gasteiger partial charge on any atom is -0.494 e. The molecular weight excluding hydrogens is 266 g/mol. The Morgan fingerprint density at radius 3 is 2.67 bits per heavy atom. The molecule has 1 aromatic rings. The van der Waals surface area contributed by atoms with E-state index in [1.165, 1.54) is 6.42 Å². The van der Waals surface area contributed by atoms with Crippen LogP contribution in [0.3, 0.4) is 0 Å². The third-order valence-electron chi connectivity index (χ3n) is 4.18. The number of rotatable bonds is 5. The lowest BCUT2D eigenvalue weighted by Crippen LogP contribution is -2.47. The molecule has 4 nitrogen and oxygen atoms in total. The third-order valence-corrected chi connectivity index (χ3v) is 4.18. The zero-order valence-electron chi connectivity index (χ0n) is 13.1. The van der Waals surface area contributed by atoms with Crippen LogP contribution in [0.25, 0.3) is 0 Å². The van der Waals surface area contributed by atoms with Crippen molar-refractivity contribution in [2.24, 2.45) is 5.92 Å². The van der Waals surface area contributed by atoms with Gasteiger partial charge in [-0.15, -0.1) is 0 Å². The van der Waals surface area contributed by atoms with E-state index in [0.717, 1.165) is 30.7 Å². The van der Waals surface area contributed by atoms with Gasteiger partial charge in [0.2, 0.25) is 0 Å². The summed E-state index contributed by atoms with van der Waals surface area (Å²) in [6.07, 6.45) is 3.77. The Labute approximate surface area is 126 Å². The molecule has 1 aliphatic rings. The summed E-state index contributed by atoms with van der Waals surface area (Å²) >= 11 is 0. The summed E-state index contributed by atoms with van der Waals surface area (Å²) in [6, 6.07) is 7.45. The number of amides is 1. The van der Waals surface area contributed by atoms with Gasteiger partial charge in [0, 0.05) is 12.8 Å². The lowest BCUT2D eigenvalue weighted by atomic mass is 9.78. The number of carbonyl (C=O) groups is 1. The molecule has 0 radical (unpaired) electrons. The summed E-state index contributed by atoms with van der Waals surface area (Å²) in [6.45, 7) is 4.76. The number of hydrogen-bond donors (Lipinski definition) is 1. The van der Waals surface area contributed by atoms with Crippen molar-refractivity contribution >= 4 is 11.6 Å². The predicted molar refractivity (Wildman–Crippen MR) is 83.6 cm³/mol. The average Bonchev–Trinajstić information content (AvgIpc) is 2.49. The van der Waals surface area contributed by atoms with Crippen LogP contribution in [0, 0.1) is 5.92 Å². The van der Waals surface area contributed by atoms with Crippen molar-refractivity contribution in [1.29, 1.82) is 0 Å². The van der Waals surface area contributed by atoms with Crippen molar-refractivity contribution in [3.63, 3.8) is 0 Å². The van der Waals surface area contributed by atoms with Gasteiger partial charge in [0.15, 0.2) is 0 Å². The van der Waals surface area contributed by atoms with E-state index < -0.39 is 5.60 Å². The molecule has 0 bridgehead atoms. The van der Waals surface area contributed by atoms with Crippen molar-refractivity contribution in [1.82, 2.24) is 0 Å². The van der Waals surface area contributed by atoms with Crippen molar-refractivity contribution < 1.29 is 14.3 Å². The predicted octanol–water partition coefficient (Wildman–Crippen LogP) is 3.62. The van der Waals surface area contributed by atoms with Gasteiger partial charge < -0.3 is 14.8 Å². The molecule has 1 aromatic carbocycles. The van der Waals surface area contributed by atoms with E-state index in [4.69, 9.17) is 9.47 Å². The van der Waals surface area contributed by atoms with Gasteiger partial charge in [-0.3, -0.25) is 4.79 Å². The number of hydrogen-bond acceptors (Lipinski definition) is 3. The van der Waals surface area contributed by atoms with E-state index in [2.05, 4.69) is 12.2 Å². The Morgan fingerprint density at radius 1 is 1.38 bits per heavy atom. The van der Waals surface area contributed by atoms with Crippen molar-refractivity contribution in [2.45, 2.75) is 45.1 Å². The first-order chi connectivity index (χ1) is 10.1. The fraction of sp³-hybridized carbons (Fsp3) is 0.588. The Balaban J connectivity index is 2.05. The number of anilines is 1. The second-order valence-electron chi connectivity index (χ2n) is 5.81. The lowest BCUT2D eigenvalue weighted by Gasteiger charge is -2.37. The number of benzene rings is 1. The number of methoxy groups -OCH3 is 1. The van der Waals surface area contributed by atoms with Crippen LogP contribution in [0.5, 0.6) is 5.75 Å². The zero-order valence-corrected chi connectivity index (χ0v) is 13.1. The van der Waals surface area contributed by atoms with Crippen LogP contribution in [0.15, 0.2) is 24.3 Å². The maximum Gasteiger partial charge on any atom is 0.256 e. The van der Waals surface area contributed by atoms with E-state index in [1.807, 2.05) is 31.2 Å². The highest BCUT2D eigenvalue weighted by molar-refractivity contribution is 5.97. The van der Waals surface area contributed by atoms with E-state index in [1.54, 1.807) is 7.11 Å². The summed E-state index contributed by atoms with van der Waals surface area (Å²) < 4.78 is 11.0. The zero-order chi connectivity index (χ0) is 15.3. The molecule has 0 spiro atoms. The largest absolute Gasteiger partial charge is 0.494 e. The first-order valence-corrected chi connectivity index (χ1v) is 7.69. The second-order valence-corrected chi connectivity index (χ2v) is 5.81.